The van der Waals surface area contributed by atoms with Crippen molar-refractivity contribution in [3.05, 3.63) is 69.2 Å². The first kappa shape index (κ1) is 18.4. The van der Waals surface area contributed by atoms with Gasteiger partial charge in [-0.2, -0.15) is 0 Å². The van der Waals surface area contributed by atoms with Crippen LogP contribution in [0.15, 0.2) is 53.0 Å². The lowest BCUT2D eigenvalue weighted by Crippen LogP contribution is -2.39. The molecule has 5 heteroatoms. The molecule has 2 aromatic rings. The van der Waals surface area contributed by atoms with Gasteiger partial charge in [-0.3, -0.25) is 4.79 Å². The Balaban J connectivity index is 1.47. The molecule has 0 spiro atoms. The molecule has 0 atom stereocenters. The van der Waals surface area contributed by atoms with Gasteiger partial charge in [-0.05, 0) is 42.5 Å². The monoisotopic (exact) mass is 421 g/mol. The molecule has 1 aliphatic heterocycles. The molecule has 0 N–H and O–H groups in total. The summed E-state index contributed by atoms with van der Waals surface area (Å²) in [5.74, 6) is 0.515. The third-order valence-electron chi connectivity index (χ3n) is 4.53. The van der Waals surface area contributed by atoms with Gasteiger partial charge in [-0.25, -0.2) is 0 Å². The molecular weight excluding hydrogens is 402 g/mol. The van der Waals surface area contributed by atoms with E-state index in [1.54, 1.807) is 12.1 Å². The average Bonchev–Trinajstić information content (AvgIpc) is 2.65. The molecule has 1 aliphatic rings. The summed E-state index contributed by atoms with van der Waals surface area (Å²) in [6.07, 6.45) is 1.93. The molecule has 3 rings (SSSR count). The van der Waals surface area contributed by atoms with Crippen LogP contribution in [0, 0.1) is 5.92 Å². The van der Waals surface area contributed by atoms with Crippen molar-refractivity contribution in [1.29, 1.82) is 0 Å². The van der Waals surface area contributed by atoms with E-state index in [0.717, 1.165) is 37.0 Å². The first-order chi connectivity index (χ1) is 12.1. The fourth-order valence-corrected chi connectivity index (χ4v) is 3.61. The van der Waals surface area contributed by atoms with Crippen LogP contribution in [-0.4, -0.2) is 30.5 Å². The van der Waals surface area contributed by atoms with Crippen LogP contribution in [0.25, 0.3) is 0 Å². The summed E-state index contributed by atoms with van der Waals surface area (Å²) < 4.78 is 6.71. The number of amides is 1. The van der Waals surface area contributed by atoms with E-state index in [1.165, 1.54) is 5.56 Å². The predicted molar refractivity (Wildman–Crippen MR) is 104 cm³/mol. The Kier molecular flexibility index (Phi) is 6.51. The number of likely N-dealkylation sites (tertiary alicyclic amines) is 1. The number of carbonyl (C=O) groups excluding carboxylic acids is 1. The number of rotatable bonds is 5. The van der Waals surface area contributed by atoms with Gasteiger partial charge < -0.3 is 9.64 Å². The van der Waals surface area contributed by atoms with E-state index < -0.39 is 0 Å². The maximum Gasteiger partial charge on any atom is 0.255 e. The Labute approximate surface area is 162 Å². The van der Waals surface area contributed by atoms with E-state index in [1.807, 2.05) is 29.2 Å². The summed E-state index contributed by atoms with van der Waals surface area (Å²) >= 11 is 9.58. The van der Waals surface area contributed by atoms with Gasteiger partial charge in [0.1, 0.15) is 0 Å². The van der Waals surface area contributed by atoms with Gasteiger partial charge in [-0.15, -0.1) is 0 Å². The van der Waals surface area contributed by atoms with Gasteiger partial charge in [0, 0.05) is 24.2 Å². The van der Waals surface area contributed by atoms with Crippen LogP contribution < -0.4 is 0 Å². The molecule has 0 aromatic heterocycles. The van der Waals surface area contributed by atoms with Crippen LogP contribution in [0.2, 0.25) is 5.02 Å². The summed E-state index contributed by atoms with van der Waals surface area (Å²) in [5.41, 5.74) is 1.76. The molecule has 0 radical (unpaired) electrons. The first-order valence-electron chi connectivity index (χ1n) is 8.49. The number of halogens is 2. The highest BCUT2D eigenvalue weighted by Gasteiger charge is 2.25. The SMILES string of the molecule is O=C(c1cc(Br)ccc1Cl)N1CCC(COCc2ccccc2)CC1. The second-order valence-electron chi connectivity index (χ2n) is 6.36. The van der Waals surface area contributed by atoms with E-state index in [2.05, 4.69) is 28.1 Å². The van der Waals surface area contributed by atoms with Crippen molar-refractivity contribution < 1.29 is 9.53 Å². The second kappa shape index (κ2) is 8.84. The van der Waals surface area contributed by atoms with Gasteiger partial charge in [-0.1, -0.05) is 57.9 Å². The standard InChI is InChI=1S/C20H21BrClNO2/c21-17-6-7-19(22)18(12-17)20(24)23-10-8-16(9-11-23)14-25-13-15-4-2-1-3-5-15/h1-7,12,16H,8-11,13-14H2. The fraction of sp³-hybridized carbons (Fsp3) is 0.350. The number of piperidine rings is 1. The highest BCUT2D eigenvalue weighted by atomic mass is 79.9. The molecule has 25 heavy (non-hydrogen) atoms. The van der Waals surface area contributed by atoms with Crippen molar-refractivity contribution in [2.24, 2.45) is 5.92 Å². The van der Waals surface area contributed by atoms with Crippen molar-refractivity contribution in [2.45, 2.75) is 19.4 Å². The van der Waals surface area contributed by atoms with Crippen molar-refractivity contribution in [2.75, 3.05) is 19.7 Å². The Bertz CT molecular complexity index is 715. The van der Waals surface area contributed by atoms with Gasteiger partial charge >= 0.3 is 0 Å². The topological polar surface area (TPSA) is 29.5 Å². The molecule has 132 valence electrons. The Hall–Kier alpha value is -1.36. The van der Waals surface area contributed by atoms with Crippen LogP contribution in [0.3, 0.4) is 0 Å². The van der Waals surface area contributed by atoms with E-state index in [9.17, 15) is 4.79 Å². The minimum absolute atomic E-state index is 0.00922. The molecule has 0 aliphatic carbocycles. The molecule has 1 saturated heterocycles. The van der Waals surface area contributed by atoms with Crippen LogP contribution in [-0.2, 0) is 11.3 Å². The van der Waals surface area contributed by atoms with Crippen molar-refractivity contribution in [3.63, 3.8) is 0 Å². The molecule has 0 saturated carbocycles. The molecule has 3 nitrogen and oxygen atoms in total. The Morgan fingerprint density at radius 1 is 1.16 bits per heavy atom. The fourth-order valence-electron chi connectivity index (χ4n) is 3.05. The predicted octanol–water partition coefficient (Wildman–Crippen LogP) is 5.17. The van der Waals surface area contributed by atoms with E-state index in [4.69, 9.17) is 16.3 Å². The number of ether oxygens (including phenoxy) is 1. The Morgan fingerprint density at radius 2 is 1.88 bits per heavy atom. The molecule has 1 fully saturated rings. The molecule has 2 aromatic carbocycles. The van der Waals surface area contributed by atoms with Gasteiger partial charge in [0.15, 0.2) is 0 Å². The largest absolute Gasteiger partial charge is 0.376 e. The van der Waals surface area contributed by atoms with E-state index in [-0.39, 0.29) is 5.91 Å². The van der Waals surface area contributed by atoms with Crippen molar-refractivity contribution in [3.8, 4) is 0 Å². The molecule has 0 bridgehead atoms. The molecule has 0 unspecified atom stereocenters. The maximum absolute atomic E-state index is 12.7. The number of hydrogen-bond donors (Lipinski definition) is 0. The second-order valence-corrected chi connectivity index (χ2v) is 7.68. The Morgan fingerprint density at radius 3 is 2.60 bits per heavy atom. The van der Waals surface area contributed by atoms with Crippen molar-refractivity contribution in [1.82, 2.24) is 4.90 Å². The van der Waals surface area contributed by atoms with Crippen LogP contribution in [0.5, 0.6) is 0 Å². The van der Waals surface area contributed by atoms with E-state index >= 15 is 0 Å². The third kappa shape index (κ3) is 5.06. The molecular formula is C20H21BrClNO2. The lowest BCUT2D eigenvalue weighted by molar-refractivity contribution is 0.0478. The van der Waals surface area contributed by atoms with E-state index in [0.29, 0.717) is 23.1 Å². The van der Waals surface area contributed by atoms with Crippen molar-refractivity contribution >= 4 is 33.4 Å². The van der Waals surface area contributed by atoms with Crippen LogP contribution in [0.4, 0.5) is 0 Å². The highest BCUT2D eigenvalue weighted by molar-refractivity contribution is 9.10. The summed E-state index contributed by atoms with van der Waals surface area (Å²) in [4.78, 5) is 14.6. The van der Waals surface area contributed by atoms with Gasteiger partial charge in [0.25, 0.3) is 5.91 Å². The van der Waals surface area contributed by atoms with Crippen LogP contribution in [0.1, 0.15) is 28.8 Å². The summed E-state index contributed by atoms with van der Waals surface area (Å²) in [6, 6.07) is 15.6. The minimum Gasteiger partial charge on any atom is -0.376 e. The van der Waals surface area contributed by atoms with Crippen LogP contribution >= 0.6 is 27.5 Å². The smallest absolute Gasteiger partial charge is 0.255 e. The first-order valence-corrected chi connectivity index (χ1v) is 9.66. The minimum atomic E-state index is 0.00922. The number of hydrogen-bond acceptors (Lipinski definition) is 2. The maximum atomic E-state index is 12.7. The van der Waals surface area contributed by atoms with Gasteiger partial charge in [0.05, 0.1) is 17.2 Å². The number of carbonyl (C=O) groups is 1. The molecule has 1 amide bonds. The summed E-state index contributed by atoms with van der Waals surface area (Å²) in [6.45, 7) is 2.89. The molecule has 1 heterocycles. The lowest BCUT2D eigenvalue weighted by Gasteiger charge is -2.32. The zero-order valence-electron chi connectivity index (χ0n) is 14.0. The lowest BCUT2D eigenvalue weighted by atomic mass is 9.97. The third-order valence-corrected chi connectivity index (χ3v) is 5.35. The summed E-state index contributed by atoms with van der Waals surface area (Å²) in [7, 11) is 0. The normalized spacial score (nSPS) is 15.4. The zero-order chi connectivity index (χ0) is 17.6. The number of benzene rings is 2. The average molecular weight is 423 g/mol. The quantitative estimate of drug-likeness (QED) is 0.665. The summed E-state index contributed by atoms with van der Waals surface area (Å²) in [5, 5.41) is 0.501. The highest BCUT2D eigenvalue weighted by Crippen LogP contribution is 2.25. The zero-order valence-corrected chi connectivity index (χ0v) is 16.3. The number of nitrogens with zero attached hydrogens (tertiary/aromatic N) is 1. The van der Waals surface area contributed by atoms with Gasteiger partial charge in [0.2, 0.25) is 0 Å².